The molecular weight excluding hydrogens is 566 g/mol. The van der Waals surface area contributed by atoms with Crippen molar-refractivity contribution < 1.29 is 51.7 Å². The van der Waals surface area contributed by atoms with Gasteiger partial charge < -0.3 is 0 Å². The van der Waals surface area contributed by atoms with Gasteiger partial charge >= 0.3 is 191 Å². The summed E-state index contributed by atoms with van der Waals surface area (Å²) in [5.41, 5.74) is 0. The molecule has 0 saturated carbocycles. The molecule has 2 aromatic carbocycles. The molecule has 182 valence electrons. The average molecular weight is 593 g/mol. The van der Waals surface area contributed by atoms with Crippen LogP contribution >= 0.6 is 0 Å². The first-order chi connectivity index (χ1) is 14.6. The molecule has 0 bridgehead atoms. The van der Waals surface area contributed by atoms with Gasteiger partial charge in [0.15, 0.2) is 0 Å². The van der Waals surface area contributed by atoms with E-state index in [1.807, 2.05) is 41.5 Å². The van der Waals surface area contributed by atoms with Crippen LogP contribution in [-0.2, 0) is 12.6 Å². The van der Waals surface area contributed by atoms with Crippen LogP contribution in [0.4, 0.5) is 22.0 Å². The molecule has 3 nitrogen and oxygen atoms in total. The normalized spacial score (nSPS) is 14.0. The van der Waals surface area contributed by atoms with Crippen LogP contribution in [-0.4, -0.2) is 15.3 Å². The van der Waals surface area contributed by atoms with Gasteiger partial charge in [0.25, 0.3) is 0 Å². The first kappa shape index (κ1) is 27.0. The van der Waals surface area contributed by atoms with Crippen molar-refractivity contribution in [2.24, 2.45) is 0 Å². The van der Waals surface area contributed by atoms with Crippen LogP contribution in [0.2, 0.25) is 0 Å². The van der Waals surface area contributed by atoms with Crippen LogP contribution in [0.5, 0.6) is 0 Å². The molecule has 2 aromatic rings. The fraction of sp³-hybridized carbons (Fsp3) is 0.455. The zero-order valence-electron chi connectivity index (χ0n) is 18.7. The van der Waals surface area contributed by atoms with Crippen LogP contribution < -0.4 is 18.8 Å². The fourth-order valence-electron chi connectivity index (χ4n) is 3.42. The Morgan fingerprint density at radius 1 is 0.750 bits per heavy atom. The molecule has 0 aliphatic heterocycles. The van der Waals surface area contributed by atoms with Crippen LogP contribution in [0, 0.1) is 32.7 Å². The van der Waals surface area contributed by atoms with Gasteiger partial charge in [0.1, 0.15) is 0 Å². The van der Waals surface area contributed by atoms with Crippen molar-refractivity contribution >= 4 is 10.1 Å². The van der Waals surface area contributed by atoms with E-state index in [4.69, 9.17) is 2.51 Å². The Kier molecular flexibility index (Phi) is 7.73. The summed E-state index contributed by atoms with van der Waals surface area (Å²) in [5, 5.41) is 0. The van der Waals surface area contributed by atoms with Gasteiger partial charge in [-0.1, -0.05) is 0 Å². The van der Waals surface area contributed by atoms with Crippen molar-refractivity contribution in [1.82, 2.24) is 0 Å². The van der Waals surface area contributed by atoms with Crippen LogP contribution in [0.1, 0.15) is 54.4 Å². The monoisotopic (exact) mass is 593 g/mol. The molecule has 0 N–H and O–H groups in total. The standard InChI is InChI=1S/C22H27F5IO3S/c1-7-21(3,4)28(22(5,6)8-2,14-12-10-9-11-13-14)31-32(29,30)20-18(26)16(24)15(23)17(25)19(20)27/h9-13H,7-8H2,1-6H3/q-1. The molecule has 0 radical (unpaired) electrons. The van der Waals surface area contributed by atoms with Crippen molar-refractivity contribution in [2.45, 2.75) is 66.1 Å². The van der Waals surface area contributed by atoms with E-state index in [0.29, 0.717) is 16.4 Å². The second-order valence-corrected chi connectivity index (χ2v) is 20.9. The average Bonchev–Trinajstić information content (AvgIpc) is 2.74. The Morgan fingerprint density at radius 3 is 1.50 bits per heavy atom. The Morgan fingerprint density at radius 2 is 1.12 bits per heavy atom. The number of benzene rings is 2. The minimum atomic E-state index is -5.39. The van der Waals surface area contributed by atoms with Crippen LogP contribution in [0.25, 0.3) is 0 Å². The van der Waals surface area contributed by atoms with Crippen molar-refractivity contribution in [1.29, 1.82) is 0 Å². The fourth-order valence-corrected chi connectivity index (χ4v) is 21.9. The molecule has 32 heavy (non-hydrogen) atoms. The van der Waals surface area contributed by atoms with Gasteiger partial charge in [-0.15, -0.1) is 0 Å². The zero-order chi connectivity index (χ0) is 24.7. The number of hydrogen-bond acceptors (Lipinski definition) is 3. The van der Waals surface area contributed by atoms with Gasteiger partial charge in [0.2, 0.25) is 0 Å². The number of hydrogen-bond donors (Lipinski definition) is 0. The summed E-state index contributed by atoms with van der Waals surface area (Å²) >= 11 is -4.42. The SMILES string of the molecule is CCC(C)(C)[I-](OS(=O)(=O)c1c(F)c(F)c(F)c(F)c1F)(c1ccccc1)C(C)(C)CC. The van der Waals surface area contributed by atoms with Crippen molar-refractivity contribution in [3.05, 3.63) is 63.0 Å². The second-order valence-electron chi connectivity index (χ2n) is 8.37. The van der Waals surface area contributed by atoms with Crippen LogP contribution in [0.15, 0.2) is 35.2 Å². The van der Waals surface area contributed by atoms with E-state index in [9.17, 15) is 30.4 Å². The summed E-state index contributed by atoms with van der Waals surface area (Å²) in [6.07, 6.45) is 0.906. The molecule has 0 saturated heterocycles. The maximum absolute atomic E-state index is 14.5. The van der Waals surface area contributed by atoms with Gasteiger partial charge in [-0.05, 0) is 0 Å². The summed E-state index contributed by atoms with van der Waals surface area (Å²) < 4.78 is 102. The minimum absolute atomic E-state index is 0.453. The molecule has 0 aromatic heterocycles. The molecule has 0 amide bonds. The Bertz CT molecular complexity index is 1060. The van der Waals surface area contributed by atoms with E-state index in [-0.39, 0.29) is 0 Å². The molecule has 0 atom stereocenters. The maximum atomic E-state index is 14.5. The van der Waals surface area contributed by atoms with E-state index in [0.717, 1.165) is 0 Å². The third-order valence-corrected chi connectivity index (χ3v) is 22.2. The van der Waals surface area contributed by atoms with Crippen LogP contribution in [0.3, 0.4) is 0 Å². The zero-order valence-corrected chi connectivity index (χ0v) is 21.7. The quantitative estimate of drug-likeness (QED) is 0.155. The topological polar surface area (TPSA) is 43.4 Å². The summed E-state index contributed by atoms with van der Waals surface area (Å²) in [4.78, 5) is -1.96. The van der Waals surface area contributed by atoms with E-state index in [1.165, 1.54) is 0 Å². The summed E-state index contributed by atoms with van der Waals surface area (Å²) in [6.45, 7) is 10.9. The molecule has 2 rings (SSSR count). The summed E-state index contributed by atoms with van der Waals surface area (Å²) in [7, 11) is -5.39. The van der Waals surface area contributed by atoms with Gasteiger partial charge in [-0.25, -0.2) is 0 Å². The first-order valence-corrected chi connectivity index (χ1v) is 15.4. The van der Waals surface area contributed by atoms with E-state index >= 15 is 0 Å². The third kappa shape index (κ3) is 4.18. The van der Waals surface area contributed by atoms with Crippen molar-refractivity contribution in [2.75, 3.05) is 0 Å². The molecule has 10 heteroatoms. The van der Waals surface area contributed by atoms with Crippen molar-refractivity contribution in [3.63, 3.8) is 0 Å². The van der Waals surface area contributed by atoms with Gasteiger partial charge in [0.05, 0.1) is 0 Å². The summed E-state index contributed by atoms with van der Waals surface area (Å²) in [5.74, 6) is -12.0. The third-order valence-electron chi connectivity index (χ3n) is 5.76. The van der Waals surface area contributed by atoms with Gasteiger partial charge in [0, 0.05) is 0 Å². The number of alkyl halides is 2. The van der Waals surface area contributed by atoms with Gasteiger partial charge in [-0.2, -0.15) is 0 Å². The molecule has 0 fully saturated rings. The summed E-state index contributed by atoms with van der Waals surface area (Å²) in [6, 6.07) is 8.50. The van der Waals surface area contributed by atoms with E-state index < -0.39 is 69.8 Å². The van der Waals surface area contributed by atoms with E-state index in [2.05, 4.69) is 0 Å². The van der Waals surface area contributed by atoms with Crippen molar-refractivity contribution in [3.8, 4) is 0 Å². The molecule has 0 heterocycles. The first-order valence-electron chi connectivity index (χ1n) is 9.90. The molecule has 0 unspecified atom stereocenters. The molecule has 0 spiro atoms. The predicted octanol–water partition coefficient (Wildman–Crippen LogP) is 3.41. The second kappa shape index (κ2) is 9.17. The Labute approximate surface area is 190 Å². The predicted molar refractivity (Wildman–Crippen MR) is 108 cm³/mol. The molecule has 0 aliphatic carbocycles. The van der Waals surface area contributed by atoms with Gasteiger partial charge in [-0.3, -0.25) is 0 Å². The van der Waals surface area contributed by atoms with E-state index in [1.54, 1.807) is 30.3 Å². The number of halogens is 6. The molecular formula is C22H27F5IO3S-. The Hall–Kier alpha value is -1.27. The molecule has 0 aliphatic rings. The Balaban J connectivity index is 2.96. The number of rotatable bonds is 8.